The summed E-state index contributed by atoms with van der Waals surface area (Å²) >= 11 is 3.38. The molecule has 2 aromatic rings. The number of benzene rings is 1. The van der Waals surface area contributed by atoms with Gasteiger partial charge in [-0.1, -0.05) is 22.0 Å². The highest BCUT2D eigenvalue weighted by atomic mass is 79.9. The van der Waals surface area contributed by atoms with E-state index >= 15 is 0 Å². The van der Waals surface area contributed by atoms with Crippen LogP contribution in [-0.4, -0.2) is 26.3 Å². The number of nitrogens with one attached hydrogen (secondary N) is 1. The highest BCUT2D eigenvalue weighted by Gasteiger charge is 2.17. The van der Waals surface area contributed by atoms with Crippen LogP contribution in [0.15, 0.2) is 38.5 Å². The molecule has 0 saturated heterocycles. The Kier molecular flexibility index (Phi) is 5.40. The molecule has 0 spiro atoms. The van der Waals surface area contributed by atoms with Gasteiger partial charge in [0, 0.05) is 23.4 Å². The molecule has 1 heterocycles. The van der Waals surface area contributed by atoms with Crippen LogP contribution >= 0.6 is 15.9 Å². The minimum atomic E-state index is -0.788. The van der Waals surface area contributed by atoms with E-state index in [4.69, 9.17) is 0 Å². The Bertz CT molecular complexity index is 899. The molecule has 7 nitrogen and oxygen atoms in total. The lowest BCUT2D eigenvalue weighted by atomic mass is 10.2. The number of amides is 1. The van der Waals surface area contributed by atoms with Gasteiger partial charge in [0.15, 0.2) is 0 Å². The van der Waals surface area contributed by atoms with Gasteiger partial charge in [-0.25, -0.2) is 4.79 Å². The number of nitrogens with zero attached hydrogens (tertiary/aromatic N) is 2. The summed E-state index contributed by atoms with van der Waals surface area (Å²) in [7, 11) is 1.30. The van der Waals surface area contributed by atoms with Gasteiger partial charge in [-0.05, 0) is 31.5 Å². The first kappa shape index (κ1) is 18.2. The lowest BCUT2D eigenvalue weighted by Gasteiger charge is -2.13. The van der Waals surface area contributed by atoms with E-state index in [0.29, 0.717) is 5.69 Å². The molecule has 0 fully saturated rings. The predicted octanol–water partition coefficient (Wildman–Crippen LogP) is 1.25. The van der Waals surface area contributed by atoms with Crippen LogP contribution in [0.25, 0.3) is 0 Å². The van der Waals surface area contributed by atoms with E-state index < -0.39 is 23.3 Å². The molecule has 1 aromatic carbocycles. The molecule has 0 aliphatic rings. The standard InChI is InChI=1S/C16H18BrN3O4/c1-9(21)7-20-8-11(15(23)19(3)16(20)24)14(22)18-13-6-4-5-12(17)10(13)2/h4-6,8-9,21H,7H2,1-3H3,(H,18,22)/t9-/m1/s1. The van der Waals surface area contributed by atoms with Crippen LogP contribution in [0.5, 0.6) is 0 Å². The van der Waals surface area contributed by atoms with Crippen molar-refractivity contribution >= 4 is 27.5 Å². The summed E-state index contributed by atoms with van der Waals surface area (Å²) in [5.41, 5.74) is -0.0649. The number of halogens is 1. The first-order valence-electron chi connectivity index (χ1n) is 7.27. The van der Waals surface area contributed by atoms with Crippen molar-refractivity contribution in [1.82, 2.24) is 9.13 Å². The zero-order chi connectivity index (χ0) is 18.0. The van der Waals surface area contributed by atoms with Crippen LogP contribution in [-0.2, 0) is 13.6 Å². The molecule has 2 N–H and O–H groups in total. The Balaban J connectivity index is 2.46. The zero-order valence-electron chi connectivity index (χ0n) is 13.5. The zero-order valence-corrected chi connectivity index (χ0v) is 15.1. The number of carbonyl (C=O) groups is 1. The largest absolute Gasteiger partial charge is 0.392 e. The normalized spacial score (nSPS) is 12.0. The highest BCUT2D eigenvalue weighted by molar-refractivity contribution is 9.10. The number of anilines is 1. The maximum Gasteiger partial charge on any atom is 0.330 e. The van der Waals surface area contributed by atoms with Gasteiger partial charge in [-0.2, -0.15) is 0 Å². The van der Waals surface area contributed by atoms with Crippen LogP contribution in [0.3, 0.4) is 0 Å². The molecule has 1 atom stereocenters. The van der Waals surface area contributed by atoms with Gasteiger partial charge in [0.2, 0.25) is 0 Å². The number of aromatic nitrogens is 2. The third-order valence-corrected chi connectivity index (χ3v) is 4.43. The van der Waals surface area contributed by atoms with Crippen molar-refractivity contribution in [1.29, 1.82) is 0 Å². The summed E-state index contributed by atoms with van der Waals surface area (Å²) in [6.45, 7) is 3.33. The predicted molar refractivity (Wildman–Crippen MR) is 94.5 cm³/mol. The van der Waals surface area contributed by atoms with Crippen molar-refractivity contribution in [2.24, 2.45) is 7.05 Å². The van der Waals surface area contributed by atoms with Gasteiger partial charge in [0.05, 0.1) is 12.6 Å². The first-order valence-corrected chi connectivity index (χ1v) is 8.06. The Morgan fingerprint density at radius 3 is 2.67 bits per heavy atom. The van der Waals surface area contributed by atoms with Gasteiger partial charge in [-0.15, -0.1) is 0 Å². The number of hydrogen-bond donors (Lipinski definition) is 2. The summed E-state index contributed by atoms with van der Waals surface area (Å²) < 4.78 is 2.83. The van der Waals surface area contributed by atoms with Gasteiger partial charge in [0.25, 0.3) is 11.5 Å². The molecule has 0 aliphatic carbocycles. The van der Waals surface area contributed by atoms with Crippen molar-refractivity contribution in [3.8, 4) is 0 Å². The molecular formula is C16H18BrN3O4. The molecule has 2 rings (SSSR count). The van der Waals surface area contributed by atoms with Crippen LogP contribution < -0.4 is 16.6 Å². The lowest BCUT2D eigenvalue weighted by molar-refractivity contribution is 0.102. The number of aliphatic hydroxyl groups is 1. The van der Waals surface area contributed by atoms with Gasteiger partial charge >= 0.3 is 5.69 Å². The smallest absolute Gasteiger partial charge is 0.330 e. The maximum atomic E-state index is 12.5. The van der Waals surface area contributed by atoms with E-state index in [1.165, 1.54) is 20.2 Å². The molecule has 0 saturated carbocycles. The topological polar surface area (TPSA) is 93.3 Å². The van der Waals surface area contributed by atoms with E-state index in [9.17, 15) is 19.5 Å². The van der Waals surface area contributed by atoms with Gasteiger partial charge in [-0.3, -0.25) is 18.7 Å². The molecule has 1 aromatic heterocycles. The SMILES string of the molecule is Cc1c(Br)cccc1NC(=O)c1cn(C[C@@H](C)O)c(=O)n(C)c1=O. The summed E-state index contributed by atoms with van der Waals surface area (Å²) in [4.78, 5) is 36.7. The second kappa shape index (κ2) is 7.14. The molecular weight excluding hydrogens is 378 g/mol. The average Bonchev–Trinajstić information content (AvgIpc) is 2.52. The Morgan fingerprint density at radius 2 is 2.04 bits per heavy atom. The van der Waals surface area contributed by atoms with E-state index in [1.807, 2.05) is 13.0 Å². The number of aliphatic hydroxyl groups excluding tert-OH is 1. The lowest BCUT2D eigenvalue weighted by Crippen LogP contribution is -2.42. The number of rotatable bonds is 4. The van der Waals surface area contributed by atoms with Crippen molar-refractivity contribution in [3.05, 3.63) is 60.8 Å². The fourth-order valence-electron chi connectivity index (χ4n) is 2.23. The summed E-state index contributed by atoms with van der Waals surface area (Å²) in [5, 5.41) is 12.1. The van der Waals surface area contributed by atoms with Crippen LogP contribution in [0.1, 0.15) is 22.8 Å². The third kappa shape index (κ3) is 3.65. The molecule has 128 valence electrons. The van der Waals surface area contributed by atoms with E-state index in [2.05, 4.69) is 21.2 Å². The Hall–Kier alpha value is -2.19. The van der Waals surface area contributed by atoms with Gasteiger partial charge in [0.1, 0.15) is 5.56 Å². The molecule has 0 radical (unpaired) electrons. The van der Waals surface area contributed by atoms with E-state index in [0.717, 1.165) is 19.2 Å². The van der Waals surface area contributed by atoms with Gasteiger partial charge < -0.3 is 10.4 Å². The molecule has 0 aliphatic heterocycles. The summed E-state index contributed by atoms with van der Waals surface area (Å²) in [5.74, 6) is -0.615. The highest BCUT2D eigenvalue weighted by Crippen LogP contribution is 2.23. The van der Waals surface area contributed by atoms with Crippen LogP contribution in [0, 0.1) is 6.92 Å². The quantitative estimate of drug-likeness (QED) is 0.814. The van der Waals surface area contributed by atoms with Crippen molar-refractivity contribution < 1.29 is 9.90 Å². The number of hydrogen-bond acceptors (Lipinski definition) is 4. The molecule has 0 bridgehead atoms. The fourth-order valence-corrected chi connectivity index (χ4v) is 2.60. The Morgan fingerprint density at radius 1 is 1.38 bits per heavy atom. The molecule has 1 amide bonds. The first-order chi connectivity index (χ1) is 11.2. The monoisotopic (exact) mass is 395 g/mol. The Labute approximate surface area is 146 Å². The minimum Gasteiger partial charge on any atom is -0.392 e. The van der Waals surface area contributed by atoms with Crippen LogP contribution in [0.4, 0.5) is 5.69 Å². The molecule has 0 unspecified atom stereocenters. The average molecular weight is 396 g/mol. The van der Waals surface area contributed by atoms with Crippen LogP contribution in [0.2, 0.25) is 0 Å². The minimum absolute atomic E-state index is 0.0108. The van der Waals surface area contributed by atoms with Crippen molar-refractivity contribution in [2.75, 3.05) is 5.32 Å². The van der Waals surface area contributed by atoms with Crippen molar-refractivity contribution in [2.45, 2.75) is 26.5 Å². The van der Waals surface area contributed by atoms with Crippen molar-refractivity contribution in [3.63, 3.8) is 0 Å². The number of carbonyl (C=O) groups excluding carboxylic acids is 1. The maximum absolute atomic E-state index is 12.5. The second-order valence-corrected chi connectivity index (χ2v) is 6.41. The summed E-state index contributed by atoms with van der Waals surface area (Å²) in [6, 6.07) is 5.32. The molecule has 24 heavy (non-hydrogen) atoms. The molecule has 8 heteroatoms. The second-order valence-electron chi connectivity index (χ2n) is 5.56. The van der Waals surface area contributed by atoms with E-state index in [1.54, 1.807) is 12.1 Å². The summed E-state index contributed by atoms with van der Waals surface area (Å²) in [6.07, 6.45) is 0.392. The van der Waals surface area contributed by atoms with E-state index in [-0.39, 0.29) is 12.1 Å². The fraction of sp³-hybridized carbons (Fsp3) is 0.312. The third-order valence-electron chi connectivity index (χ3n) is 3.57.